The van der Waals surface area contributed by atoms with E-state index in [1.165, 1.54) is 0 Å². The Morgan fingerprint density at radius 2 is 2.60 bits per heavy atom. The van der Waals surface area contributed by atoms with Crippen LogP contribution >= 0.6 is 0 Å². The lowest BCUT2D eigenvalue weighted by atomic mass is 10.1. The molecule has 10 heavy (non-hydrogen) atoms. The minimum absolute atomic E-state index is 0.247. The van der Waals surface area contributed by atoms with Gasteiger partial charge in [0.2, 0.25) is 0 Å². The Hall–Kier alpha value is -0.830. The van der Waals surface area contributed by atoms with Crippen molar-refractivity contribution in [3.63, 3.8) is 0 Å². The maximum Gasteiger partial charge on any atom is 0.124 e. The first-order valence-electron chi connectivity index (χ1n) is 3.44. The molecule has 56 valence electrons. The predicted molar refractivity (Wildman–Crippen MR) is 38.5 cm³/mol. The standard InChI is InChI=1S/C7H12N2O/c1-6(8)2-3-7-4-5-10-9-7/h4-6H,2-3,8H2,1H3/t6-/m0/s1. The van der Waals surface area contributed by atoms with Crippen LogP contribution in [-0.2, 0) is 6.42 Å². The molecule has 1 aromatic heterocycles. The molecule has 1 aromatic rings. The van der Waals surface area contributed by atoms with Crippen LogP contribution < -0.4 is 5.73 Å². The van der Waals surface area contributed by atoms with Gasteiger partial charge in [0.25, 0.3) is 0 Å². The summed E-state index contributed by atoms with van der Waals surface area (Å²) in [5.74, 6) is 0. The Kier molecular flexibility index (Phi) is 2.45. The average molecular weight is 140 g/mol. The van der Waals surface area contributed by atoms with E-state index in [0.717, 1.165) is 18.5 Å². The molecule has 0 aromatic carbocycles. The van der Waals surface area contributed by atoms with Crippen LogP contribution in [-0.4, -0.2) is 11.2 Å². The average Bonchev–Trinajstić information content (AvgIpc) is 2.34. The van der Waals surface area contributed by atoms with Crippen molar-refractivity contribution in [3.05, 3.63) is 18.0 Å². The minimum Gasteiger partial charge on any atom is -0.365 e. The topological polar surface area (TPSA) is 52.0 Å². The molecule has 0 aliphatic heterocycles. The van der Waals surface area contributed by atoms with E-state index in [2.05, 4.69) is 9.68 Å². The summed E-state index contributed by atoms with van der Waals surface area (Å²) in [7, 11) is 0. The van der Waals surface area contributed by atoms with Crippen LogP contribution in [0.3, 0.4) is 0 Å². The van der Waals surface area contributed by atoms with Gasteiger partial charge >= 0.3 is 0 Å². The van der Waals surface area contributed by atoms with Gasteiger partial charge in [0.1, 0.15) is 6.26 Å². The predicted octanol–water partition coefficient (Wildman–Crippen LogP) is 0.954. The second kappa shape index (κ2) is 3.37. The highest BCUT2D eigenvalue weighted by molar-refractivity contribution is 4.95. The molecule has 0 spiro atoms. The largest absolute Gasteiger partial charge is 0.365 e. The van der Waals surface area contributed by atoms with Crippen LogP contribution in [0.5, 0.6) is 0 Å². The quantitative estimate of drug-likeness (QED) is 0.680. The summed E-state index contributed by atoms with van der Waals surface area (Å²) >= 11 is 0. The monoisotopic (exact) mass is 140 g/mol. The molecule has 3 heteroatoms. The lowest BCUT2D eigenvalue weighted by Gasteiger charge is -1.99. The van der Waals surface area contributed by atoms with Gasteiger partial charge in [-0.2, -0.15) is 0 Å². The van der Waals surface area contributed by atoms with Crippen LogP contribution in [0.2, 0.25) is 0 Å². The molecular formula is C7H12N2O. The van der Waals surface area contributed by atoms with Crippen LogP contribution in [0.1, 0.15) is 19.0 Å². The third-order valence-corrected chi connectivity index (χ3v) is 1.35. The van der Waals surface area contributed by atoms with Crippen LogP contribution in [0, 0.1) is 0 Å². The van der Waals surface area contributed by atoms with Gasteiger partial charge in [-0.1, -0.05) is 5.16 Å². The van der Waals surface area contributed by atoms with Gasteiger partial charge in [0, 0.05) is 12.1 Å². The molecule has 1 atom stereocenters. The summed E-state index contributed by atoms with van der Waals surface area (Å²) in [4.78, 5) is 0. The number of nitrogens with two attached hydrogens (primary N) is 1. The molecule has 0 saturated carbocycles. The zero-order chi connectivity index (χ0) is 7.40. The second-order valence-corrected chi connectivity index (χ2v) is 2.51. The Morgan fingerprint density at radius 3 is 3.10 bits per heavy atom. The van der Waals surface area contributed by atoms with E-state index >= 15 is 0 Å². The maximum absolute atomic E-state index is 5.55. The van der Waals surface area contributed by atoms with Crippen molar-refractivity contribution in [3.8, 4) is 0 Å². The lowest BCUT2D eigenvalue weighted by Crippen LogP contribution is -2.15. The number of aryl methyl sites for hydroxylation is 1. The van der Waals surface area contributed by atoms with E-state index in [9.17, 15) is 0 Å². The van der Waals surface area contributed by atoms with Gasteiger partial charge in [-0.15, -0.1) is 0 Å². The zero-order valence-corrected chi connectivity index (χ0v) is 6.08. The summed E-state index contributed by atoms with van der Waals surface area (Å²) in [5.41, 5.74) is 6.53. The fraction of sp³-hybridized carbons (Fsp3) is 0.571. The highest BCUT2D eigenvalue weighted by Gasteiger charge is 1.98. The van der Waals surface area contributed by atoms with E-state index in [1.807, 2.05) is 13.0 Å². The highest BCUT2D eigenvalue weighted by Crippen LogP contribution is 2.00. The number of hydrogen-bond donors (Lipinski definition) is 1. The van der Waals surface area contributed by atoms with Gasteiger partial charge in [-0.3, -0.25) is 0 Å². The molecule has 0 radical (unpaired) electrons. The Morgan fingerprint density at radius 1 is 1.80 bits per heavy atom. The second-order valence-electron chi connectivity index (χ2n) is 2.51. The highest BCUT2D eigenvalue weighted by atomic mass is 16.5. The van der Waals surface area contributed by atoms with Gasteiger partial charge in [0.05, 0.1) is 5.69 Å². The van der Waals surface area contributed by atoms with E-state index in [0.29, 0.717) is 0 Å². The molecule has 0 fully saturated rings. The third kappa shape index (κ3) is 2.19. The van der Waals surface area contributed by atoms with Crippen LogP contribution in [0.25, 0.3) is 0 Å². The Labute approximate surface area is 60.2 Å². The number of nitrogens with zero attached hydrogens (tertiary/aromatic N) is 1. The summed E-state index contributed by atoms with van der Waals surface area (Å²) in [5, 5.41) is 3.76. The maximum atomic E-state index is 5.55. The van der Waals surface area contributed by atoms with Crippen molar-refractivity contribution in [2.45, 2.75) is 25.8 Å². The molecule has 0 bridgehead atoms. The van der Waals surface area contributed by atoms with Crippen molar-refractivity contribution in [2.75, 3.05) is 0 Å². The first-order chi connectivity index (χ1) is 4.79. The van der Waals surface area contributed by atoms with E-state index in [4.69, 9.17) is 5.73 Å². The number of rotatable bonds is 3. The number of hydrogen-bond acceptors (Lipinski definition) is 3. The van der Waals surface area contributed by atoms with Crippen molar-refractivity contribution < 1.29 is 4.52 Å². The fourth-order valence-electron chi connectivity index (χ4n) is 0.742. The molecule has 0 aliphatic carbocycles. The molecule has 2 N–H and O–H groups in total. The summed E-state index contributed by atoms with van der Waals surface area (Å²) in [6.45, 7) is 1.99. The van der Waals surface area contributed by atoms with Gasteiger partial charge in [-0.05, 0) is 19.8 Å². The van der Waals surface area contributed by atoms with E-state index in [1.54, 1.807) is 6.26 Å². The summed E-state index contributed by atoms with van der Waals surface area (Å²) < 4.78 is 4.66. The summed E-state index contributed by atoms with van der Waals surface area (Å²) in [6.07, 6.45) is 3.46. The molecule has 0 saturated heterocycles. The molecule has 0 aliphatic rings. The molecular weight excluding hydrogens is 128 g/mol. The molecule has 0 unspecified atom stereocenters. The van der Waals surface area contributed by atoms with Crippen molar-refractivity contribution in [2.24, 2.45) is 5.73 Å². The Balaban J connectivity index is 2.28. The van der Waals surface area contributed by atoms with Gasteiger partial charge < -0.3 is 10.3 Å². The zero-order valence-electron chi connectivity index (χ0n) is 6.08. The Bertz CT molecular complexity index is 170. The molecule has 3 nitrogen and oxygen atoms in total. The summed E-state index contributed by atoms with van der Waals surface area (Å²) in [6, 6.07) is 2.11. The first-order valence-corrected chi connectivity index (χ1v) is 3.44. The molecule has 1 heterocycles. The molecule has 1 rings (SSSR count). The smallest absolute Gasteiger partial charge is 0.124 e. The van der Waals surface area contributed by atoms with Crippen LogP contribution in [0.15, 0.2) is 16.9 Å². The van der Waals surface area contributed by atoms with Crippen molar-refractivity contribution >= 4 is 0 Å². The molecule has 0 amide bonds. The van der Waals surface area contributed by atoms with Crippen molar-refractivity contribution in [1.82, 2.24) is 5.16 Å². The van der Waals surface area contributed by atoms with E-state index < -0.39 is 0 Å². The van der Waals surface area contributed by atoms with Gasteiger partial charge in [-0.25, -0.2) is 0 Å². The normalized spacial score (nSPS) is 13.4. The SMILES string of the molecule is C[C@H](N)CCc1ccon1. The minimum atomic E-state index is 0.247. The third-order valence-electron chi connectivity index (χ3n) is 1.35. The number of aromatic nitrogens is 1. The lowest BCUT2D eigenvalue weighted by molar-refractivity contribution is 0.410. The van der Waals surface area contributed by atoms with Crippen LogP contribution in [0.4, 0.5) is 0 Å². The van der Waals surface area contributed by atoms with E-state index in [-0.39, 0.29) is 6.04 Å². The van der Waals surface area contributed by atoms with Crippen molar-refractivity contribution in [1.29, 1.82) is 0 Å². The van der Waals surface area contributed by atoms with Gasteiger partial charge in [0.15, 0.2) is 0 Å². The first kappa shape index (κ1) is 7.28. The fourth-order valence-corrected chi connectivity index (χ4v) is 0.742.